The van der Waals surface area contributed by atoms with Gasteiger partial charge in [0.1, 0.15) is 0 Å². The molecule has 0 aromatic heterocycles. The Balaban J connectivity index is 1.75. The standard InChI is InChI=1S/C16H13ClN2O3S/c17-11-5-7-12(8-6-11)23(21,22)19-14-9-10-3-1-2-4-13(10)15(14)16(20)18-19/h1-8,14-15H,9H2,(H,18,20). The molecule has 0 spiro atoms. The van der Waals surface area contributed by atoms with Gasteiger partial charge in [-0.3, -0.25) is 10.2 Å². The summed E-state index contributed by atoms with van der Waals surface area (Å²) >= 11 is 5.82. The van der Waals surface area contributed by atoms with Crippen LogP contribution < -0.4 is 5.43 Å². The highest BCUT2D eigenvalue weighted by atomic mass is 35.5. The summed E-state index contributed by atoms with van der Waals surface area (Å²) in [6.07, 6.45) is 0.520. The van der Waals surface area contributed by atoms with Crippen LogP contribution in [0.4, 0.5) is 0 Å². The fraction of sp³-hybridized carbons (Fsp3) is 0.188. The zero-order valence-corrected chi connectivity index (χ0v) is 13.5. The maximum absolute atomic E-state index is 12.9. The van der Waals surface area contributed by atoms with E-state index in [1.165, 1.54) is 24.3 Å². The van der Waals surface area contributed by atoms with E-state index in [2.05, 4.69) is 5.43 Å². The number of hydrogen-bond acceptors (Lipinski definition) is 3. The molecular weight excluding hydrogens is 336 g/mol. The largest absolute Gasteiger partial charge is 0.274 e. The Morgan fingerprint density at radius 2 is 1.78 bits per heavy atom. The van der Waals surface area contributed by atoms with E-state index in [0.29, 0.717) is 11.4 Å². The lowest BCUT2D eigenvalue weighted by Crippen LogP contribution is -2.43. The van der Waals surface area contributed by atoms with E-state index in [1.54, 1.807) is 0 Å². The van der Waals surface area contributed by atoms with E-state index < -0.39 is 22.0 Å². The highest BCUT2D eigenvalue weighted by Gasteiger charge is 2.51. The molecule has 1 aliphatic carbocycles. The Bertz CT molecular complexity index is 896. The van der Waals surface area contributed by atoms with Crippen LogP contribution in [0.1, 0.15) is 17.0 Å². The van der Waals surface area contributed by atoms with Gasteiger partial charge in [-0.1, -0.05) is 35.9 Å². The molecule has 1 N–H and O–H groups in total. The van der Waals surface area contributed by atoms with E-state index in [-0.39, 0.29) is 10.8 Å². The van der Waals surface area contributed by atoms with Gasteiger partial charge in [0.25, 0.3) is 10.0 Å². The molecule has 2 aromatic rings. The van der Waals surface area contributed by atoms with Crippen LogP contribution in [0.25, 0.3) is 0 Å². The number of rotatable bonds is 2. The number of fused-ring (bicyclic) bond motifs is 3. The molecule has 7 heteroatoms. The van der Waals surface area contributed by atoms with Crippen molar-refractivity contribution in [3.63, 3.8) is 0 Å². The van der Waals surface area contributed by atoms with Gasteiger partial charge in [-0.25, -0.2) is 8.42 Å². The van der Waals surface area contributed by atoms with Crippen LogP contribution in [0, 0.1) is 0 Å². The maximum atomic E-state index is 12.9. The fourth-order valence-corrected chi connectivity index (χ4v) is 4.92. The molecule has 2 aliphatic rings. The van der Waals surface area contributed by atoms with E-state index in [9.17, 15) is 13.2 Å². The van der Waals surface area contributed by atoms with Gasteiger partial charge in [-0.05, 0) is 41.8 Å². The second-order valence-electron chi connectivity index (χ2n) is 5.68. The van der Waals surface area contributed by atoms with Crippen LogP contribution in [-0.4, -0.2) is 24.8 Å². The van der Waals surface area contributed by atoms with Gasteiger partial charge in [-0.15, -0.1) is 4.41 Å². The third-order valence-electron chi connectivity index (χ3n) is 4.38. The van der Waals surface area contributed by atoms with Gasteiger partial charge < -0.3 is 0 Å². The number of hydrogen-bond donors (Lipinski definition) is 1. The molecule has 1 saturated heterocycles. The predicted octanol–water partition coefficient (Wildman–Crippen LogP) is 2.08. The Kier molecular flexibility index (Phi) is 3.23. The number of amides is 1. The monoisotopic (exact) mass is 348 g/mol. The Labute approximate surface area is 138 Å². The molecule has 1 fully saturated rings. The van der Waals surface area contributed by atoms with E-state index in [1.807, 2.05) is 24.3 Å². The number of carbonyl (C=O) groups is 1. The number of nitrogens with zero attached hydrogens (tertiary/aromatic N) is 1. The molecule has 2 atom stereocenters. The average Bonchev–Trinajstić information content (AvgIpc) is 3.06. The third-order valence-corrected chi connectivity index (χ3v) is 6.38. The molecule has 0 saturated carbocycles. The molecule has 5 nitrogen and oxygen atoms in total. The summed E-state index contributed by atoms with van der Waals surface area (Å²) in [6, 6.07) is 13.1. The summed E-state index contributed by atoms with van der Waals surface area (Å²) in [5.41, 5.74) is 4.45. The fourth-order valence-electron chi connectivity index (χ4n) is 3.33. The molecule has 1 amide bonds. The van der Waals surface area contributed by atoms with Gasteiger partial charge in [0, 0.05) is 5.02 Å². The number of sulfonamides is 1. The van der Waals surface area contributed by atoms with Crippen molar-refractivity contribution in [2.24, 2.45) is 0 Å². The Morgan fingerprint density at radius 1 is 1.09 bits per heavy atom. The number of hydrazine groups is 1. The van der Waals surface area contributed by atoms with Gasteiger partial charge in [0.05, 0.1) is 16.9 Å². The molecule has 2 aromatic carbocycles. The highest BCUT2D eigenvalue weighted by molar-refractivity contribution is 7.89. The molecule has 2 unspecified atom stereocenters. The predicted molar refractivity (Wildman–Crippen MR) is 85.3 cm³/mol. The Hall–Kier alpha value is -1.89. The molecule has 4 rings (SSSR count). The number of nitrogens with one attached hydrogen (secondary N) is 1. The summed E-state index contributed by atoms with van der Waals surface area (Å²) in [7, 11) is -3.82. The summed E-state index contributed by atoms with van der Waals surface area (Å²) in [5.74, 6) is -0.731. The number of halogens is 1. The quantitative estimate of drug-likeness (QED) is 0.903. The first kappa shape index (κ1) is 14.7. The zero-order valence-electron chi connectivity index (χ0n) is 11.9. The van der Waals surface area contributed by atoms with Gasteiger partial charge >= 0.3 is 0 Å². The number of benzene rings is 2. The molecule has 1 heterocycles. The maximum Gasteiger partial charge on any atom is 0.260 e. The number of carbonyl (C=O) groups excluding carboxylic acids is 1. The third kappa shape index (κ3) is 2.17. The average molecular weight is 349 g/mol. The van der Waals surface area contributed by atoms with Crippen molar-refractivity contribution in [3.8, 4) is 0 Å². The lowest BCUT2D eigenvalue weighted by molar-refractivity contribution is -0.121. The summed E-state index contributed by atoms with van der Waals surface area (Å²) in [5, 5.41) is 0.459. The van der Waals surface area contributed by atoms with Crippen molar-refractivity contribution in [2.75, 3.05) is 0 Å². The van der Waals surface area contributed by atoms with Crippen molar-refractivity contribution >= 4 is 27.5 Å². The van der Waals surface area contributed by atoms with Gasteiger partial charge in [0.2, 0.25) is 5.91 Å². The Morgan fingerprint density at radius 3 is 2.52 bits per heavy atom. The minimum atomic E-state index is -3.82. The van der Waals surface area contributed by atoms with Crippen LogP contribution in [0.5, 0.6) is 0 Å². The molecule has 0 bridgehead atoms. The normalized spacial score (nSPS) is 23.4. The molecule has 0 radical (unpaired) electrons. The van der Waals surface area contributed by atoms with E-state index in [0.717, 1.165) is 15.5 Å². The van der Waals surface area contributed by atoms with Crippen molar-refractivity contribution < 1.29 is 13.2 Å². The summed E-state index contributed by atoms with van der Waals surface area (Å²) in [6.45, 7) is 0. The minimum Gasteiger partial charge on any atom is -0.274 e. The lowest BCUT2D eigenvalue weighted by Gasteiger charge is -2.21. The van der Waals surface area contributed by atoms with Crippen molar-refractivity contribution in [3.05, 3.63) is 64.7 Å². The van der Waals surface area contributed by atoms with E-state index in [4.69, 9.17) is 11.6 Å². The topological polar surface area (TPSA) is 66.5 Å². The molecule has 118 valence electrons. The second kappa shape index (κ2) is 5.06. The van der Waals surface area contributed by atoms with E-state index >= 15 is 0 Å². The SMILES string of the molecule is O=C1NN(S(=O)(=O)c2ccc(Cl)cc2)C2Cc3ccccc3C12. The van der Waals surface area contributed by atoms with Crippen molar-refractivity contribution in [1.82, 2.24) is 9.84 Å². The van der Waals surface area contributed by atoms with Crippen LogP contribution in [0.3, 0.4) is 0 Å². The second-order valence-corrected chi connectivity index (χ2v) is 7.93. The highest BCUT2D eigenvalue weighted by Crippen LogP contribution is 2.41. The molecule has 23 heavy (non-hydrogen) atoms. The smallest absolute Gasteiger partial charge is 0.260 e. The van der Waals surface area contributed by atoms with Crippen molar-refractivity contribution in [2.45, 2.75) is 23.3 Å². The summed E-state index contributed by atoms with van der Waals surface area (Å²) in [4.78, 5) is 12.4. The molecular formula is C16H13ClN2O3S. The van der Waals surface area contributed by atoms with Crippen LogP contribution in [0.15, 0.2) is 53.4 Å². The van der Waals surface area contributed by atoms with Crippen LogP contribution in [0.2, 0.25) is 5.02 Å². The first-order valence-electron chi connectivity index (χ1n) is 7.17. The zero-order chi connectivity index (χ0) is 16.2. The minimum absolute atomic E-state index is 0.110. The van der Waals surface area contributed by atoms with Crippen LogP contribution >= 0.6 is 11.6 Å². The van der Waals surface area contributed by atoms with Gasteiger partial charge in [0.15, 0.2) is 0 Å². The molecule has 1 aliphatic heterocycles. The first-order chi connectivity index (χ1) is 11.0. The lowest BCUT2D eigenvalue weighted by atomic mass is 10.00. The van der Waals surface area contributed by atoms with Crippen LogP contribution in [-0.2, 0) is 21.2 Å². The van der Waals surface area contributed by atoms with Gasteiger partial charge in [-0.2, -0.15) is 0 Å². The first-order valence-corrected chi connectivity index (χ1v) is 8.98. The van der Waals surface area contributed by atoms with Crippen molar-refractivity contribution in [1.29, 1.82) is 0 Å². The summed E-state index contributed by atoms with van der Waals surface area (Å²) < 4.78 is 26.8.